The molecule has 1 saturated carbocycles. The highest BCUT2D eigenvalue weighted by molar-refractivity contribution is 8.00. The van der Waals surface area contributed by atoms with Crippen molar-refractivity contribution in [2.24, 2.45) is 5.92 Å². The number of nitrogens with zero attached hydrogens (tertiary/aromatic N) is 2. The van der Waals surface area contributed by atoms with E-state index >= 15 is 0 Å². The third-order valence-corrected chi connectivity index (χ3v) is 6.13. The number of fused-ring (bicyclic) bond motifs is 1. The van der Waals surface area contributed by atoms with Crippen LogP contribution in [0.15, 0.2) is 23.2 Å². The van der Waals surface area contributed by atoms with Gasteiger partial charge in [0.25, 0.3) is 0 Å². The third kappa shape index (κ3) is 4.19. The van der Waals surface area contributed by atoms with Crippen LogP contribution in [0.5, 0.6) is 0 Å². The van der Waals surface area contributed by atoms with Gasteiger partial charge in [0.2, 0.25) is 5.91 Å². The molecule has 1 aromatic carbocycles. The van der Waals surface area contributed by atoms with E-state index in [-0.39, 0.29) is 11.9 Å². The third-order valence-electron chi connectivity index (χ3n) is 5.14. The van der Waals surface area contributed by atoms with Crippen LogP contribution < -0.4 is 5.32 Å². The van der Waals surface area contributed by atoms with Gasteiger partial charge in [-0.25, -0.2) is 4.98 Å². The summed E-state index contributed by atoms with van der Waals surface area (Å²) in [5.41, 5.74) is 3.68. The highest BCUT2D eigenvalue weighted by Gasteiger charge is 2.23. The van der Waals surface area contributed by atoms with Crippen molar-refractivity contribution < 1.29 is 4.79 Å². The van der Waals surface area contributed by atoms with Crippen molar-refractivity contribution in [3.8, 4) is 6.07 Å². The summed E-state index contributed by atoms with van der Waals surface area (Å²) in [7, 11) is 0. The molecule has 26 heavy (non-hydrogen) atoms. The zero-order chi connectivity index (χ0) is 18.7. The van der Waals surface area contributed by atoms with E-state index in [1.807, 2.05) is 26.0 Å². The first-order valence-electron chi connectivity index (χ1n) is 9.22. The number of carbonyl (C=O) groups excluding carboxylic acids is 1. The summed E-state index contributed by atoms with van der Waals surface area (Å²) >= 11 is 1.35. The lowest BCUT2D eigenvalue weighted by atomic mass is 9.86. The number of hydrogen-bond donors (Lipinski definition) is 1. The average molecular weight is 368 g/mol. The van der Waals surface area contributed by atoms with Crippen LogP contribution in [-0.4, -0.2) is 22.7 Å². The Hall–Kier alpha value is -2.06. The largest absolute Gasteiger partial charge is 0.352 e. The van der Waals surface area contributed by atoms with Crippen LogP contribution in [0.25, 0.3) is 10.9 Å². The molecule has 2 atom stereocenters. The van der Waals surface area contributed by atoms with Crippen molar-refractivity contribution >= 4 is 28.6 Å². The molecule has 1 heterocycles. The van der Waals surface area contributed by atoms with Crippen LogP contribution in [0.1, 0.15) is 49.3 Å². The number of pyridine rings is 1. The molecule has 1 amide bonds. The Morgan fingerprint density at radius 3 is 2.81 bits per heavy atom. The molecule has 4 nitrogen and oxygen atoms in total. The molecular formula is C21H25N3OS. The van der Waals surface area contributed by atoms with Gasteiger partial charge in [-0.1, -0.05) is 43.2 Å². The Balaban J connectivity index is 1.73. The molecule has 3 rings (SSSR count). The molecule has 1 aromatic heterocycles. The van der Waals surface area contributed by atoms with Gasteiger partial charge in [0.15, 0.2) is 0 Å². The first-order chi connectivity index (χ1) is 12.5. The van der Waals surface area contributed by atoms with Crippen molar-refractivity contribution in [3.05, 3.63) is 34.9 Å². The molecule has 1 fully saturated rings. The molecule has 0 unspecified atom stereocenters. The van der Waals surface area contributed by atoms with Crippen LogP contribution in [0.3, 0.4) is 0 Å². The van der Waals surface area contributed by atoms with Gasteiger partial charge in [-0.15, -0.1) is 0 Å². The minimum Gasteiger partial charge on any atom is -0.352 e. The van der Waals surface area contributed by atoms with Crippen molar-refractivity contribution in [1.29, 1.82) is 5.26 Å². The molecule has 0 spiro atoms. The average Bonchev–Trinajstić information content (AvgIpc) is 2.61. The van der Waals surface area contributed by atoms with Crippen molar-refractivity contribution in [1.82, 2.24) is 10.3 Å². The van der Waals surface area contributed by atoms with Crippen molar-refractivity contribution in [2.75, 3.05) is 5.75 Å². The minimum absolute atomic E-state index is 0.0279. The lowest BCUT2D eigenvalue weighted by Crippen LogP contribution is -2.41. The summed E-state index contributed by atoms with van der Waals surface area (Å²) in [6, 6.07) is 8.52. The number of nitriles is 1. The van der Waals surface area contributed by atoms with Crippen LogP contribution in [-0.2, 0) is 4.79 Å². The van der Waals surface area contributed by atoms with Crippen LogP contribution in [0, 0.1) is 31.1 Å². The first-order valence-corrected chi connectivity index (χ1v) is 10.2. The van der Waals surface area contributed by atoms with E-state index in [1.54, 1.807) is 0 Å². The number of benzene rings is 1. The summed E-state index contributed by atoms with van der Waals surface area (Å²) in [6.45, 7) is 6.28. The van der Waals surface area contributed by atoms with E-state index in [1.165, 1.54) is 31.0 Å². The Morgan fingerprint density at radius 1 is 1.31 bits per heavy atom. The topological polar surface area (TPSA) is 65.8 Å². The second-order valence-corrected chi connectivity index (χ2v) is 8.29. The fraction of sp³-hybridized carbons (Fsp3) is 0.476. The van der Waals surface area contributed by atoms with Gasteiger partial charge in [0.1, 0.15) is 11.1 Å². The second-order valence-electron chi connectivity index (χ2n) is 7.33. The smallest absolute Gasteiger partial charge is 0.230 e. The van der Waals surface area contributed by atoms with Crippen molar-refractivity contribution in [3.63, 3.8) is 0 Å². The SMILES string of the molecule is Cc1cc(C)c2nc(SCC(=O)N[C@@H]3CCCC[C@H]3C)c(C#N)cc2c1. The lowest BCUT2D eigenvalue weighted by Gasteiger charge is -2.29. The fourth-order valence-corrected chi connectivity index (χ4v) is 4.50. The number of thioether (sulfide) groups is 1. The van der Waals surface area contributed by atoms with Gasteiger partial charge < -0.3 is 5.32 Å². The van der Waals surface area contributed by atoms with Crippen molar-refractivity contribution in [2.45, 2.75) is 57.5 Å². The molecule has 2 aromatic rings. The van der Waals surface area contributed by atoms with Gasteiger partial charge in [-0.2, -0.15) is 5.26 Å². The predicted molar refractivity (Wildman–Crippen MR) is 106 cm³/mol. The molecule has 5 heteroatoms. The Bertz CT molecular complexity index is 872. The molecule has 0 aliphatic heterocycles. The fourth-order valence-electron chi connectivity index (χ4n) is 3.74. The maximum absolute atomic E-state index is 12.4. The maximum Gasteiger partial charge on any atom is 0.230 e. The number of nitrogens with one attached hydrogen (secondary N) is 1. The molecule has 1 aliphatic rings. The van der Waals surface area contributed by atoms with Crippen LogP contribution >= 0.6 is 11.8 Å². The van der Waals surface area contributed by atoms with Crippen LogP contribution in [0.4, 0.5) is 0 Å². The molecule has 136 valence electrons. The summed E-state index contributed by atoms with van der Waals surface area (Å²) in [5, 5.41) is 14.2. The Kier molecular flexibility index (Phi) is 5.83. The number of carbonyl (C=O) groups is 1. The summed E-state index contributed by atoms with van der Waals surface area (Å²) in [4.78, 5) is 17.0. The summed E-state index contributed by atoms with van der Waals surface area (Å²) in [6.07, 6.45) is 4.69. The number of hydrogen-bond acceptors (Lipinski definition) is 4. The second kappa shape index (κ2) is 8.09. The molecule has 1 N–H and O–H groups in total. The Morgan fingerprint density at radius 2 is 2.08 bits per heavy atom. The van der Waals surface area contributed by atoms with Crippen LogP contribution in [0.2, 0.25) is 0 Å². The van der Waals surface area contributed by atoms with Gasteiger partial charge in [0.05, 0.1) is 16.8 Å². The van der Waals surface area contributed by atoms with E-state index in [2.05, 4.69) is 29.4 Å². The number of amides is 1. The normalized spacial score (nSPS) is 19.9. The summed E-state index contributed by atoms with van der Waals surface area (Å²) in [5.74, 6) is 0.860. The van der Waals surface area contributed by atoms with E-state index in [4.69, 9.17) is 0 Å². The van der Waals surface area contributed by atoms with E-state index in [0.29, 0.717) is 22.3 Å². The quantitative estimate of drug-likeness (QED) is 0.808. The highest BCUT2D eigenvalue weighted by atomic mass is 32.2. The monoisotopic (exact) mass is 367 g/mol. The first kappa shape index (κ1) is 18.7. The molecular weight excluding hydrogens is 342 g/mol. The zero-order valence-electron chi connectivity index (χ0n) is 15.6. The zero-order valence-corrected chi connectivity index (χ0v) is 16.4. The molecule has 0 saturated heterocycles. The van der Waals surface area contributed by atoms with Gasteiger partial charge in [-0.3, -0.25) is 4.79 Å². The summed E-state index contributed by atoms with van der Waals surface area (Å²) < 4.78 is 0. The predicted octanol–water partition coefficient (Wildman–Crippen LogP) is 4.51. The number of aryl methyl sites for hydroxylation is 2. The van der Waals surface area contributed by atoms with Gasteiger partial charge in [0, 0.05) is 11.4 Å². The number of aromatic nitrogens is 1. The van der Waals surface area contributed by atoms with Gasteiger partial charge in [-0.05, 0) is 50.3 Å². The molecule has 1 aliphatic carbocycles. The lowest BCUT2D eigenvalue weighted by molar-refractivity contribution is -0.119. The van der Waals surface area contributed by atoms with E-state index < -0.39 is 0 Å². The molecule has 0 radical (unpaired) electrons. The minimum atomic E-state index is 0.0279. The standard InChI is InChI=1S/C21H25N3OS/c1-13-8-15(3)20-16(9-13)10-17(11-22)21(24-20)26-12-19(25)23-18-7-5-4-6-14(18)2/h8-10,14,18H,4-7,12H2,1-3H3,(H,23,25)/t14-,18-/m1/s1. The highest BCUT2D eigenvalue weighted by Crippen LogP contribution is 2.28. The van der Waals surface area contributed by atoms with E-state index in [9.17, 15) is 10.1 Å². The Labute approximate surface area is 159 Å². The number of rotatable bonds is 4. The molecule has 0 bridgehead atoms. The van der Waals surface area contributed by atoms with E-state index in [0.717, 1.165) is 28.5 Å². The maximum atomic E-state index is 12.4. The van der Waals surface area contributed by atoms with Gasteiger partial charge >= 0.3 is 0 Å².